The van der Waals surface area contributed by atoms with E-state index >= 15 is 0 Å². The van der Waals surface area contributed by atoms with Crippen LogP contribution in [0.1, 0.15) is 18.5 Å². The number of thioether (sulfide) groups is 1. The van der Waals surface area contributed by atoms with E-state index in [-0.39, 0.29) is 29.4 Å². The van der Waals surface area contributed by atoms with Gasteiger partial charge in [0.05, 0.1) is 11.8 Å². The molecule has 0 saturated heterocycles. The van der Waals surface area contributed by atoms with Gasteiger partial charge in [0, 0.05) is 11.0 Å². The van der Waals surface area contributed by atoms with Crippen LogP contribution in [0.2, 0.25) is 0 Å². The lowest BCUT2D eigenvalue weighted by atomic mass is 10.1. The second-order valence-electron chi connectivity index (χ2n) is 5.27. The number of carbonyl (C=O) groups excluding carboxylic acids is 1. The zero-order valence-corrected chi connectivity index (χ0v) is 13.7. The van der Waals surface area contributed by atoms with Gasteiger partial charge in [0.1, 0.15) is 11.6 Å². The molecule has 2 aromatic rings. The highest BCUT2D eigenvalue weighted by Crippen LogP contribution is 2.34. The van der Waals surface area contributed by atoms with E-state index in [2.05, 4.69) is 5.32 Å². The Morgan fingerprint density at radius 2 is 2.00 bits per heavy atom. The van der Waals surface area contributed by atoms with E-state index < -0.39 is 11.6 Å². The van der Waals surface area contributed by atoms with Gasteiger partial charge in [-0.1, -0.05) is 6.07 Å². The third kappa shape index (κ3) is 3.79. The fraction of sp³-hybridized carbons (Fsp3) is 0.235. The van der Waals surface area contributed by atoms with Crippen LogP contribution in [0.25, 0.3) is 0 Å². The minimum Gasteiger partial charge on any atom is -0.454 e. The Morgan fingerprint density at radius 1 is 1.21 bits per heavy atom. The topological polar surface area (TPSA) is 47.6 Å². The molecule has 24 heavy (non-hydrogen) atoms. The first-order valence-electron chi connectivity index (χ1n) is 7.29. The summed E-state index contributed by atoms with van der Waals surface area (Å²) in [6.45, 7) is 2.04. The second kappa shape index (κ2) is 7.09. The number of hydrogen-bond donors (Lipinski definition) is 1. The number of ether oxygens (including phenoxy) is 2. The van der Waals surface area contributed by atoms with E-state index in [9.17, 15) is 13.6 Å². The second-order valence-corrected chi connectivity index (χ2v) is 6.28. The van der Waals surface area contributed by atoms with Gasteiger partial charge in [-0.2, -0.15) is 0 Å². The van der Waals surface area contributed by atoms with E-state index in [1.807, 2.05) is 19.1 Å². The minimum absolute atomic E-state index is 0.0391. The SMILES string of the molecule is C[C@H](NC(=O)CSc1ccc(F)cc1F)c1ccc2c(c1)OCO2. The summed E-state index contributed by atoms with van der Waals surface area (Å²) in [6.07, 6.45) is 0. The summed E-state index contributed by atoms with van der Waals surface area (Å²) >= 11 is 1.02. The molecule has 1 aliphatic rings. The predicted octanol–water partition coefficient (Wildman–Crippen LogP) is 3.66. The lowest BCUT2D eigenvalue weighted by Crippen LogP contribution is -2.28. The normalized spacial score (nSPS) is 13.6. The van der Waals surface area contributed by atoms with Crippen molar-refractivity contribution < 1.29 is 23.0 Å². The van der Waals surface area contributed by atoms with Crippen molar-refractivity contribution in [3.05, 3.63) is 53.6 Å². The highest BCUT2D eigenvalue weighted by molar-refractivity contribution is 8.00. The molecule has 1 heterocycles. The van der Waals surface area contributed by atoms with Crippen LogP contribution >= 0.6 is 11.8 Å². The fourth-order valence-electron chi connectivity index (χ4n) is 2.28. The molecule has 0 radical (unpaired) electrons. The van der Waals surface area contributed by atoms with Crippen molar-refractivity contribution in [2.24, 2.45) is 0 Å². The lowest BCUT2D eigenvalue weighted by Gasteiger charge is -2.15. The van der Waals surface area contributed by atoms with E-state index in [4.69, 9.17) is 9.47 Å². The Hall–Kier alpha value is -2.28. The molecular weight excluding hydrogens is 336 g/mol. The maximum absolute atomic E-state index is 13.5. The Kier molecular flexibility index (Phi) is 4.89. The van der Waals surface area contributed by atoms with E-state index in [1.165, 1.54) is 12.1 Å². The van der Waals surface area contributed by atoms with Crippen LogP contribution in [0.5, 0.6) is 11.5 Å². The highest BCUT2D eigenvalue weighted by atomic mass is 32.2. The van der Waals surface area contributed by atoms with Crippen molar-refractivity contribution in [2.75, 3.05) is 12.5 Å². The third-order valence-corrected chi connectivity index (χ3v) is 4.58. The largest absolute Gasteiger partial charge is 0.454 e. The smallest absolute Gasteiger partial charge is 0.231 e. The standard InChI is InChI=1S/C17H15F2NO3S/c1-10(11-2-4-14-15(6-11)23-9-22-14)20-17(21)8-24-16-5-3-12(18)7-13(16)19/h2-7,10H,8-9H2,1H3,(H,20,21)/t10-/m0/s1. The minimum atomic E-state index is -0.670. The molecule has 4 nitrogen and oxygen atoms in total. The van der Waals surface area contributed by atoms with Gasteiger partial charge < -0.3 is 14.8 Å². The molecule has 0 bridgehead atoms. The lowest BCUT2D eigenvalue weighted by molar-refractivity contribution is -0.119. The number of amides is 1. The van der Waals surface area contributed by atoms with E-state index in [0.717, 1.165) is 23.4 Å². The van der Waals surface area contributed by atoms with Gasteiger partial charge in [-0.15, -0.1) is 11.8 Å². The van der Waals surface area contributed by atoms with Crippen molar-refractivity contribution in [1.29, 1.82) is 0 Å². The summed E-state index contributed by atoms with van der Waals surface area (Å²) in [6, 6.07) is 8.53. The molecule has 3 rings (SSSR count). The molecule has 1 atom stereocenters. The Labute approximate surface area is 142 Å². The molecule has 0 saturated carbocycles. The van der Waals surface area contributed by atoms with Crippen molar-refractivity contribution in [3.8, 4) is 11.5 Å². The number of halogens is 2. The molecule has 0 unspecified atom stereocenters. The molecule has 2 aromatic carbocycles. The number of rotatable bonds is 5. The van der Waals surface area contributed by atoms with Crippen molar-refractivity contribution in [2.45, 2.75) is 17.9 Å². The Morgan fingerprint density at radius 3 is 2.79 bits per heavy atom. The molecule has 0 aromatic heterocycles. The number of carbonyl (C=O) groups is 1. The first kappa shape index (κ1) is 16.6. The summed E-state index contributed by atoms with van der Waals surface area (Å²) in [4.78, 5) is 12.3. The summed E-state index contributed by atoms with van der Waals surface area (Å²) in [7, 11) is 0. The maximum atomic E-state index is 13.5. The van der Waals surface area contributed by atoms with Crippen molar-refractivity contribution in [3.63, 3.8) is 0 Å². The Balaban J connectivity index is 1.56. The molecule has 0 spiro atoms. The van der Waals surface area contributed by atoms with Crippen LogP contribution in [0.3, 0.4) is 0 Å². The monoisotopic (exact) mass is 351 g/mol. The fourth-order valence-corrected chi connectivity index (χ4v) is 3.02. The molecule has 1 N–H and O–H groups in total. The van der Waals surface area contributed by atoms with Crippen LogP contribution in [-0.4, -0.2) is 18.5 Å². The third-order valence-electron chi connectivity index (χ3n) is 3.53. The molecule has 1 amide bonds. The Bertz CT molecular complexity index is 769. The quantitative estimate of drug-likeness (QED) is 0.835. The van der Waals surface area contributed by atoms with Crippen LogP contribution in [0.4, 0.5) is 8.78 Å². The van der Waals surface area contributed by atoms with E-state index in [0.29, 0.717) is 11.5 Å². The summed E-state index contributed by atoms with van der Waals surface area (Å²) in [5, 5.41) is 2.84. The van der Waals surface area contributed by atoms with E-state index in [1.54, 1.807) is 6.07 Å². The number of nitrogens with one attached hydrogen (secondary N) is 1. The van der Waals surface area contributed by atoms with Crippen molar-refractivity contribution >= 4 is 17.7 Å². The van der Waals surface area contributed by atoms with Gasteiger partial charge in [-0.3, -0.25) is 4.79 Å². The molecule has 7 heteroatoms. The number of hydrogen-bond acceptors (Lipinski definition) is 4. The van der Waals surface area contributed by atoms with Gasteiger partial charge in [0.15, 0.2) is 11.5 Å². The average molecular weight is 351 g/mol. The zero-order valence-electron chi connectivity index (χ0n) is 12.8. The molecular formula is C17H15F2NO3S. The van der Waals surface area contributed by atoms with Crippen LogP contribution < -0.4 is 14.8 Å². The first-order valence-corrected chi connectivity index (χ1v) is 8.28. The zero-order chi connectivity index (χ0) is 17.1. The summed E-state index contributed by atoms with van der Waals surface area (Å²) in [5.74, 6) is -0.184. The summed E-state index contributed by atoms with van der Waals surface area (Å²) < 4.78 is 36.9. The first-order chi connectivity index (χ1) is 11.5. The molecule has 0 aliphatic carbocycles. The highest BCUT2D eigenvalue weighted by Gasteiger charge is 2.17. The van der Waals surface area contributed by atoms with Crippen LogP contribution in [0.15, 0.2) is 41.3 Å². The number of benzene rings is 2. The predicted molar refractivity (Wildman–Crippen MR) is 86.2 cm³/mol. The number of fused-ring (bicyclic) bond motifs is 1. The van der Waals surface area contributed by atoms with Gasteiger partial charge in [0.2, 0.25) is 12.7 Å². The maximum Gasteiger partial charge on any atom is 0.231 e. The van der Waals surface area contributed by atoms with Crippen LogP contribution in [-0.2, 0) is 4.79 Å². The average Bonchev–Trinajstić information content (AvgIpc) is 3.01. The summed E-state index contributed by atoms with van der Waals surface area (Å²) in [5.41, 5.74) is 0.880. The molecule has 126 valence electrons. The van der Waals surface area contributed by atoms with Gasteiger partial charge in [0.25, 0.3) is 0 Å². The molecule has 1 aliphatic heterocycles. The van der Waals surface area contributed by atoms with Gasteiger partial charge in [-0.25, -0.2) is 8.78 Å². The van der Waals surface area contributed by atoms with Crippen LogP contribution in [0, 0.1) is 11.6 Å². The van der Waals surface area contributed by atoms with Crippen molar-refractivity contribution in [1.82, 2.24) is 5.32 Å². The van der Waals surface area contributed by atoms with Gasteiger partial charge in [-0.05, 0) is 36.8 Å². The van der Waals surface area contributed by atoms with Gasteiger partial charge >= 0.3 is 0 Å². The molecule has 0 fully saturated rings.